The van der Waals surface area contributed by atoms with Gasteiger partial charge in [0, 0.05) is 16.9 Å². The number of aldehydes is 1. The minimum absolute atomic E-state index is 0.606. The second-order valence-corrected chi connectivity index (χ2v) is 5.35. The van der Waals surface area contributed by atoms with Crippen LogP contribution in [-0.4, -0.2) is 18.4 Å². The molecule has 0 unspecified atom stereocenters. The van der Waals surface area contributed by atoms with Crippen molar-refractivity contribution in [2.45, 2.75) is 11.0 Å². The summed E-state index contributed by atoms with van der Waals surface area (Å²) in [5.41, 5.74) is 3.18. The molecule has 21 heavy (non-hydrogen) atoms. The van der Waals surface area contributed by atoms with E-state index < -0.39 is 0 Å². The van der Waals surface area contributed by atoms with E-state index in [-0.39, 0.29) is 0 Å². The summed E-state index contributed by atoms with van der Waals surface area (Å²) in [4.78, 5) is 15.3. The van der Waals surface area contributed by atoms with Gasteiger partial charge in [0.15, 0.2) is 5.58 Å². The fourth-order valence-corrected chi connectivity index (χ4v) is 2.85. The summed E-state index contributed by atoms with van der Waals surface area (Å²) in [5.74, 6) is 1.38. The molecule has 4 nitrogen and oxygen atoms in total. The number of thioether (sulfide) groups is 1. The Balaban J connectivity index is 1.82. The fraction of sp³-hybridized carbons (Fsp3) is 0.125. The van der Waals surface area contributed by atoms with Crippen LogP contribution in [0.4, 0.5) is 0 Å². The largest absolute Gasteiger partial charge is 0.496 e. The SMILES string of the molecule is COc1ccc(C=O)cc1CSc1nc2ccccc2o1. The Bertz CT molecular complexity index is 749. The molecule has 3 aromatic rings. The molecular weight excluding hydrogens is 286 g/mol. The van der Waals surface area contributed by atoms with E-state index in [1.54, 1.807) is 19.2 Å². The average Bonchev–Trinajstić information content (AvgIpc) is 2.95. The van der Waals surface area contributed by atoms with Crippen molar-refractivity contribution in [2.75, 3.05) is 7.11 Å². The summed E-state index contributed by atoms with van der Waals surface area (Å²) in [6.45, 7) is 0. The number of hydrogen-bond donors (Lipinski definition) is 0. The maximum Gasteiger partial charge on any atom is 0.257 e. The first kappa shape index (κ1) is 13.7. The van der Waals surface area contributed by atoms with Crippen molar-refractivity contribution in [3.05, 3.63) is 53.6 Å². The minimum atomic E-state index is 0.606. The Hall–Kier alpha value is -2.27. The lowest BCUT2D eigenvalue weighted by atomic mass is 10.1. The Morgan fingerprint density at radius 1 is 1.29 bits per heavy atom. The van der Waals surface area contributed by atoms with Crippen molar-refractivity contribution in [1.82, 2.24) is 4.98 Å². The summed E-state index contributed by atoms with van der Waals surface area (Å²) in [6, 6.07) is 13.0. The van der Waals surface area contributed by atoms with Gasteiger partial charge in [-0.15, -0.1) is 0 Å². The van der Waals surface area contributed by atoms with E-state index in [9.17, 15) is 4.79 Å². The third kappa shape index (κ3) is 2.92. The van der Waals surface area contributed by atoms with Crippen LogP contribution in [0.3, 0.4) is 0 Å². The van der Waals surface area contributed by atoms with E-state index in [4.69, 9.17) is 9.15 Å². The molecule has 106 valence electrons. The molecular formula is C16H13NO3S. The highest BCUT2D eigenvalue weighted by Gasteiger charge is 2.09. The molecule has 0 aliphatic rings. The second-order valence-electron chi connectivity index (χ2n) is 4.43. The molecule has 0 atom stereocenters. The number of rotatable bonds is 5. The molecule has 0 fully saturated rings. The number of nitrogens with zero attached hydrogens (tertiary/aromatic N) is 1. The highest BCUT2D eigenvalue weighted by molar-refractivity contribution is 7.98. The number of benzene rings is 2. The Labute approximate surface area is 126 Å². The first-order valence-electron chi connectivity index (χ1n) is 6.40. The molecule has 0 bridgehead atoms. The van der Waals surface area contributed by atoms with Crippen molar-refractivity contribution in [3.63, 3.8) is 0 Å². The topological polar surface area (TPSA) is 52.3 Å². The number of oxazole rings is 1. The molecule has 0 saturated heterocycles. The van der Waals surface area contributed by atoms with Crippen molar-refractivity contribution in [3.8, 4) is 5.75 Å². The quantitative estimate of drug-likeness (QED) is 0.527. The molecule has 0 aliphatic carbocycles. The predicted molar refractivity (Wildman–Crippen MR) is 82.0 cm³/mol. The maximum absolute atomic E-state index is 10.9. The zero-order valence-electron chi connectivity index (χ0n) is 11.4. The number of ether oxygens (including phenoxy) is 1. The smallest absolute Gasteiger partial charge is 0.257 e. The van der Waals surface area contributed by atoms with Crippen LogP contribution in [0.15, 0.2) is 52.1 Å². The molecule has 0 saturated carbocycles. The van der Waals surface area contributed by atoms with Gasteiger partial charge in [0.25, 0.3) is 5.22 Å². The summed E-state index contributed by atoms with van der Waals surface area (Å²) < 4.78 is 11.0. The van der Waals surface area contributed by atoms with E-state index in [0.717, 1.165) is 28.7 Å². The lowest BCUT2D eigenvalue weighted by molar-refractivity contribution is 0.112. The average molecular weight is 299 g/mol. The first-order valence-corrected chi connectivity index (χ1v) is 7.39. The first-order chi connectivity index (χ1) is 10.3. The van der Waals surface area contributed by atoms with Gasteiger partial charge in [-0.3, -0.25) is 4.79 Å². The monoisotopic (exact) mass is 299 g/mol. The number of carbonyl (C=O) groups excluding carboxylic acids is 1. The van der Waals surface area contributed by atoms with Crippen LogP contribution in [-0.2, 0) is 5.75 Å². The second kappa shape index (κ2) is 6.01. The highest BCUT2D eigenvalue weighted by atomic mass is 32.2. The van der Waals surface area contributed by atoms with Gasteiger partial charge in [-0.05, 0) is 30.3 Å². The van der Waals surface area contributed by atoms with Gasteiger partial charge in [0.2, 0.25) is 0 Å². The molecule has 5 heteroatoms. The molecule has 0 spiro atoms. The standard InChI is InChI=1S/C16H13NO3S/c1-19-14-7-6-11(9-18)8-12(14)10-21-16-17-13-4-2-3-5-15(13)20-16/h2-9H,10H2,1H3. The van der Waals surface area contributed by atoms with Crippen LogP contribution in [0, 0.1) is 0 Å². The Kier molecular flexibility index (Phi) is 3.92. The molecule has 0 radical (unpaired) electrons. The number of carbonyl (C=O) groups is 1. The highest BCUT2D eigenvalue weighted by Crippen LogP contribution is 2.30. The summed E-state index contributed by atoms with van der Waals surface area (Å²) in [7, 11) is 1.61. The lowest BCUT2D eigenvalue weighted by Gasteiger charge is -2.07. The zero-order valence-corrected chi connectivity index (χ0v) is 12.2. The van der Waals surface area contributed by atoms with Crippen LogP contribution in [0.5, 0.6) is 5.75 Å². The van der Waals surface area contributed by atoms with E-state index >= 15 is 0 Å². The maximum atomic E-state index is 10.9. The molecule has 0 amide bonds. The molecule has 2 aromatic carbocycles. The third-order valence-electron chi connectivity index (χ3n) is 3.07. The van der Waals surface area contributed by atoms with Crippen LogP contribution in [0.25, 0.3) is 11.1 Å². The zero-order chi connectivity index (χ0) is 14.7. The van der Waals surface area contributed by atoms with Gasteiger partial charge in [-0.2, -0.15) is 0 Å². The van der Waals surface area contributed by atoms with Crippen LogP contribution in [0.1, 0.15) is 15.9 Å². The van der Waals surface area contributed by atoms with Gasteiger partial charge in [0.05, 0.1) is 7.11 Å². The molecule has 0 aliphatic heterocycles. The summed E-state index contributed by atoms with van der Waals surface area (Å²) >= 11 is 1.47. The van der Waals surface area contributed by atoms with Crippen LogP contribution in [0.2, 0.25) is 0 Å². The van der Waals surface area contributed by atoms with Crippen molar-refractivity contribution >= 4 is 29.1 Å². The van der Waals surface area contributed by atoms with Crippen LogP contribution >= 0.6 is 11.8 Å². The van der Waals surface area contributed by atoms with E-state index in [1.165, 1.54) is 11.8 Å². The van der Waals surface area contributed by atoms with E-state index in [1.807, 2.05) is 30.3 Å². The third-order valence-corrected chi connectivity index (χ3v) is 3.94. The molecule has 1 heterocycles. The number of hydrogen-bond acceptors (Lipinski definition) is 5. The number of fused-ring (bicyclic) bond motifs is 1. The summed E-state index contributed by atoms with van der Waals surface area (Å²) in [5, 5.41) is 0.606. The molecule has 1 aromatic heterocycles. The number of methoxy groups -OCH3 is 1. The molecule has 0 N–H and O–H groups in total. The normalized spacial score (nSPS) is 10.7. The predicted octanol–water partition coefficient (Wildman–Crippen LogP) is 3.94. The number of para-hydroxylation sites is 2. The van der Waals surface area contributed by atoms with Gasteiger partial charge in [0.1, 0.15) is 17.6 Å². The van der Waals surface area contributed by atoms with Gasteiger partial charge in [-0.1, -0.05) is 23.9 Å². The van der Waals surface area contributed by atoms with Crippen molar-refractivity contribution in [1.29, 1.82) is 0 Å². The lowest BCUT2D eigenvalue weighted by Crippen LogP contribution is -1.92. The van der Waals surface area contributed by atoms with Crippen molar-refractivity contribution in [2.24, 2.45) is 0 Å². The van der Waals surface area contributed by atoms with Gasteiger partial charge < -0.3 is 9.15 Å². The number of aromatic nitrogens is 1. The Morgan fingerprint density at radius 2 is 2.14 bits per heavy atom. The Morgan fingerprint density at radius 3 is 2.90 bits per heavy atom. The molecule has 3 rings (SSSR count). The van der Waals surface area contributed by atoms with Gasteiger partial charge >= 0.3 is 0 Å². The van der Waals surface area contributed by atoms with E-state index in [2.05, 4.69) is 4.98 Å². The van der Waals surface area contributed by atoms with Crippen molar-refractivity contribution < 1.29 is 13.9 Å². The summed E-state index contributed by atoms with van der Waals surface area (Å²) in [6.07, 6.45) is 0.826. The minimum Gasteiger partial charge on any atom is -0.496 e. The van der Waals surface area contributed by atoms with E-state index in [0.29, 0.717) is 16.5 Å². The van der Waals surface area contributed by atoms with Gasteiger partial charge in [-0.25, -0.2) is 4.98 Å². The van der Waals surface area contributed by atoms with Crippen LogP contribution < -0.4 is 4.74 Å². The fourth-order valence-electron chi connectivity index (χ4n) is 2.04.